The second-order valence-corrected chi connectivity index (χ2v) is 7.64. The minimum absolute atomic E-state index is 0.0868. The van der Waals surface area contributed by atoms with Gasteiger partial charge in [0.1, 0.15) is 0 Å². The summed E-state index contributed by atoms with van der Waals surface area (Å²) in [7, 11) is 1.74. The number of benzene rings is 1. The van der Waals surface area contributed by atoms with E-state index in [1.807, 2.05) is 30.3 Å². The van der Waals surface area contributed by atoms with Crippen LogP contribution in [0.25, 0.3) is 0 Å². The number of carbonyl (C=O) groups excluding carboxylic acids is 2. The summed E-state index contributed by atoms with van der Waals surface area (Å²) >= 11 is 6.10. The SMILES string of the molecule is Cn1cc(Cl)c(C(=O)N2CCC3(CC2)CC(c2ccccc2)C(=O)N3)n1. The number of likely N-dealkylation sites (tertiary alicyclic amines) is 1. The smallest absolute Gasteiger partial charge is 0.275 e. The molecule has 136 valence electrons. The first-order valence-corrected chi connectivity index (χ1v) is 9.21. The molecule has 0 radical (unpaired) electrons. The summed E-state index contributed by atoms with van der Waals surface area (Å²) in [6.07, 6.45) is 3.90. The van der Waals surface area contributed by atoms with Gasteiger partial charge in [0.25, 0.3) is 5.91 Å². The Morgan fingerprint density at radius 2 is 1.96 bits per heavy atom. The number of nitrogens with one attached hydrogen (secondary N) is 1. The number of amides is 2. The molecule has 2 aromatic rings. The van der Waals surface area contributed by atoms with Gasteiger partial charge in [0.05, 0.1) is 10.9 Å². The monoisotopic (exact) mass is 372 g/mol. The van der Waals surface area contributed by atoms with Crippen LogP contribution in [0, 0.1) is 0 Å². The Morgan fingerprint density at radius 1 is 1.27 bits per heavy atom. The minimum Gasteiger partial charge on any atom is -0.350 e. The molecule has 2 saturated heterocycles. The Morgan fingerprint density at radius 3 is 2.58 bits per heavy atom. The van der Waals surface area contributed by atoms with Crippen LogP contribution < -0.4 is 5.32 Å². The molecular formula is C19H21ClN4O2. The molecule has 1 spiro atoms. The number of aryl methyl sites for hydroxylation is 1. The highest BCUT2D eigenvalue weighted by molar-refractivity contribution is 6.33. The van der Waals surface area contributed by atoms with Crippen molar-refractivity contribution in [3.8, 4) is 0 Å². The summed E-state index contributed by atoms with van der Waals surface area (Å²) in [4.78, 5) is 27.0. The van der Waals surface area contributed by atoms with Crippen LogP contribution in [0.2, 0.25) is 5.02 Å². The van der Waals surface area contributed by atoms with Gasteiger partial charge in [-0.1, -0.05) is 41.9 Å². The molecule has 0 bridgehead atoms. The lowest BCUT2D eigenvalue weighted by Crippen LogP contribution is -2.52. The van der Waals surface area contributed by atoms with Gasteiger partial charge in [-0.05, 0) is 24.8 Å². The predicted octanol–water partition coefficient (Wildman–Crippen LogP) is 2.35. The van der Waals surface area contributed by atoms with Crippen molar-refractivity contribution < 1.29 is 9.59 Å². The second-order valence-electron chi connectivity index (χ2n) is 7.23. The number of carbonyl (C=O) groups is 2. The third-order valence-electron chi connectivity index (χ3n) is 5.50. The zero-order chi connectivity index (χ0) is 18.3. The fraction of sp³-hybridized carbons (Fsp3) is 0.421. The van der Waals surface area contributed by atoms with Crippen LogP contribution >= 0.6 is 11.6 Å². The molecule has 1 aromatic heterocycles. The van der Waals surface area contributed by atoms with Gasteiger partial charge in [-0.2, -0.15) is 5.10 Å². The van der Waals surface area contributed by atoms with Crippen LogP contribution in [0.15, 0.2) is 36.5 Å². The Balaban J connectivity index is 1.44. The highest BCUT2D eigenvalue weighted by Gasteiger charge is 2.46. The number of rotatable bonds is 2. The molecule has 7 heteroatoms. The fourth-order valence-corrected chi connectivity index (χ4v) is 4.32. The van der Waals surface area contributed by atoms with Crippen LogP contribution in [0.1, 0.15) is 41.2 Å². The number of nitrogens with zero attached hydrogens (tertiary/aromatic N) is 3. The van der Waals surface area contributed by atoms with Gasteiger partial charge in [-0.3, -0.25) is 14.3 Å². The molecular weight excluding hydrogens is 352 g/mol. The number of hydrogen-bond donors (Lipinski definition) is 1. The number of hydrogen-bond acceptors (Lipinski definition) is 3. The fourth-order valence-electron chi connectivity index (χ4n) is 4.06. The molecule has 2 aliphatic rings. The molecule has 1 unspecified atom stereocenters. The van der Waals surface area contributed by atoms with Crippen molar-refractivity contribution in [2.45, 2.75) is 30.7 Å². The Labute approximate surface area is 157 Å². The van der Waals surface area contributed by atoms with E-state index in [9.17, 15) is 9.59 Å². The number of piperidine rings is 1. The van der Waals surface area contributed by atoms with E-state index in [1.165, 1.54) is 0 Å². The lowest BCUT2D eigenvalue weighted by Gasteiger charge is -2.39. The van der Waals surface area contributed by atoms with Gasteiger partial charge in [-0.25, -0.2) is 0 Å². The van der Waals surface area contributed by atoms with Crippen LogP contribution in [0.3, 0.4) is 0 Å². The van der Waals surface area contributed by atoms with E-state index in [0.29, 0.717) is 23.8 Å². The van der Waals surface area contributed by atoms with Crippen molar-refractivity contribution in [3.63, 3.8) is 0 Å². The molecule has 2 aliphatic heterocycles. The van der Waals surface area contributed by atoms with E-state index in [4.69, 9.17) is 11.6 Å². The third-order valence-corrected chi connectivity index (χ3v) is 5.77. The van der Waals surface area contributed by atoms with Crippen molar-refractivity contribution in [1.82, 2.24) is 20.0 Å². The quantitative estimate of drug-likeness (QED) is 0.879. The second kappa shape index (κ2) is 6.43. The Kier molecular flexibility index (Phi) is 4.23. The zero-order valence-corrected chi connectivity index (χ0v) is 15.4. The van der Waals surface area contributed by atoms with Crippen molar-refractivity contribution in [1.29, 1.82) is 0 Å². The largest absolute Gasteiger partial charge is 0.350 e. The summed E-state index contributed by atoms with van der Waals surface area (Å²) < 4.78 is 1.54. The van der Waals surface area contributed by atoms with E-state index >= 15 is 0 Å². The zero-order valence-electron chi connectivity index (χ0n) is 14.6. The molecule has 26 heavy (non-hydrogen) atoms. The molecule has 2 amide bonds. The molecule has 3 heterocycles. The lowest BCUT2D eigenvalue weighted by atomic mass is 9.82. The van der Waals surface area contributed by atoms with E-state index in [-0.39, 0.29) is 23.3 Å². The molecule has 6 nitrogen and oxygen atoms in total. The topological polar surface area (TPSA) is 67.2 Å². The maximum Gasteiger partial charge on any atom is 0.275 e. The lowest BCUT2D eigenvalue weighted by molar-refractivity contribution is -0.121. The molecule has 2 fully saturated rings. The van der Waals surface area contributed by atoms with Crippen molar-refractivity contribution in [2.75, 3.05) is 13.1 Å². The Hall–Kier alpha value is -2.34. The predicted molar refractivity (Wildman–Crippen MR) is 98.0 cm³/mol. The maximum absolute atomic E-state index is 12.7. The molecule has 4 rings (SSSR count). The third kappa shape index (κ3) is 2.98. The van der Waals surface area contributed by atoms with Gasteiger partial charge in [0, 0.05) is 31.9 Å². The van der Waals surface area contributed by atoms with Crippen molar-refractivity contribution >= 4 is 23.4 Å². The van der Waals surface area contributed by atoms with Crippen LogP contribution in [-0.2, 0) is 11.8 Å². The Bertz CT molecular complexity index is 840. The maximum atomic E-state index is 12.7. The summed E-state index contributed by atoms with van der Waals surface area (Å²) in [5.74, 6) is -0.165. The van der Waals surface area contributed by atoms with Gasteiger partial charge in [-0.15, -0.1) is 0 Å². The van der Waals surface area contributed by atoms with Crippen molar-refractivity contribution in [3.05, 3.63) is 52.8 Å². The first-order chi connectivity index (χ1) is 12.5. The van der Waals surface area contributed by atoms with E-state index < -0.39 is 0 Å². The molecule has 1 aromatic carbocycles. The van der Waals surface area contributed by atoms with E-state index in [2.05, 4.69) is 10.4 Å². The number of aromatic nitrogens is 2. The average Bonchev–Trinajstić information content (AvgIpc) is 3.14. The highest BCUT2D eigenvalue weighted by atomic mass is 35.5. The molecule has 0 saturated carbocycles. The normalized spacial score (nSPS) is 21.8. The van der Waals surface area contributed by atoms with Crippen LogP contribution in [0.5, 0.6) is 0 Å². The molecule has 1 N–H and O–H groups in total. The molecule has 0 aliphatic carbocycles. The average molecular weight is 373 g/mol. The van der Waals surface area contributed by atoms with Gasteiger partial charge in [0.15, 0.2) is 5.69 Å². The first kappa shape index (κ1) is 17.1. The van der Waals surface area contributed by atoms with Crippen molar-refractivity contribution in [2.24, 2.45) is 7.05 Å². The van der Waals surface area contributed by atoms with E-state index in [0.717, 1.165) is 24.8 Å². The summed E-state index contributed by atoms with van der Waals surface area (Å²) in [5, 5.41) is 7.74. The van der Waals surface area contributed by atoms with Gasteiger partial charge in [0.2, 0.25) is 5.91 Å². The van der Waals surface area contributed by atoms with Gasteiger partial charge >= 0.3 is 0 Å². The standard InChI is InChI=1S/C19H21ClN4O2/c1-23-12-15(20)16(22-23)18(26)24-9-7-19(8-10-24)11-14(17(25)21-19)13-5-3-2-4-6-13/h2-6,12,14H,7-11H2,1H3,(H,21,25). The number of halogens is 1. The van der Waals surface area contributed by atoms with Crippen LogP contribution in [-0.4, -0.2) is 45.1 Å². The summed E-state index contributed by atoms with van der Waals surface area (Å²) in [6.45, 7) is 1.18. The summed E-state index contributed by atoms with van der Waals surface area (Å²) in [6, 6.07) is 9.89. The molecule has 1 atom stereocenters. The van der Waals surface area contributed by atoms with E-state index in [1.54, 1.807) is 22.8 Å². The highest BCUT2D eigenvalue weighted by Crippen LogP contribution is 2.39. The summed E-state index contributed by atoms with van der Waals surface area (Å²) in [5.41, 5.74) is 1.13. The van der Waals surface area contributed by atoms with Gasteiger partial charge < -0.3 is 10.2 Å². The first-order valence-electron chi connectivity index (χ1n) is 8.83. The van der Waals surface area contributed by atoms with Crippen LogP contribution in [0.4, 0.5) is 0 Å². The minimum atomic E-state index is -0.220.